The molecular weight excluding hydrogens is 234 g/mol. The first-order valence-electron chi connectivity index (χ1n) is 6.34. The van der Waals surface area contributed by atoms with Gasteiger partial charge in [-0.3, -0.25) is 9.59 Å². The van der Waals surface area contributed by atoms with Crippen LogP contribution in [-0.2, 0) is 9.59 Å². The fourth-order valence-corrected chi connectivity index (χ4v) is 2.24. The van der Waals surface area contributed by atoms with Gasteiger partial charge in [-0.15, -0.1) is 0 Å². The largest absolute Gasteiger partial charge is 0.480 e. The Kier molecular flexibility index (Phi) is 5.55. The molecule has 1 rings (SSSR count). The molecule has 0 saturated carbocycles. The Morgan fingerprint density at radius 1 is 1.56 bits per heavy atom. The summed E-state index contributed by atoms with van der Waals surface area (Å²) in [7, 11) is 3.80. The summed E-state index contributed by atoms with van der Waals surface area (Å²) in [6.07, 6.45) is 3.18. The number of carboxylic acids is 1. The molecule has 1 aliphatic heterocycles. The summed E-state index contributed by atoms with van der Waals surface area (Å²) in [5.74, 6) is -1.34. The maximum Gasteiger partial charge on any atom is 0.321 e. The first-order chi connectivity index (χ1) is 8.41. The van der Waals surface area contributed by atoms with Crippen molar-refractivity contribution < 1.29 is 14.7 Å². The van der Waals surface area contributed by atoms with E-state index in [0.717, 1.165) is 13.0 Å². The highest BCUT2D eigenvalue weighted by Crippen LogP contribution is 2.17. The summed E-state index contributed by atoms with van der Waals surface area (Å²) in [5, 5.41) is 8.65. The third kappa shape index (κ3) is 4.27. The smallest absolute Gasteiger partial charge is 0.321 e. The lowest BCUT2D eigenvalue weighted by molar-refractivity contribution is -0.142. The van der Waals surface area contributed by atoms with Gasteiger partial charge in [-0.2, -0.15) is 0 Å². The summed E-state index contributed by atoms with van der Waals surface area (Å²) in [6, 6.07) is -0.567. The van der Waals surface area contributed by atoms with E-state index in [1.54, 1.807) is 11.9 Å². The van der Waals surface area contributed by atoms with Crippen molar-refractivity contribution in [3.05, 3.63) is 0 Å². The minimum atomic E-state index is -1.13. The Balaban J connectivity index is 2.29. The number of nitrogens with zero attached hydrogens (tertiary/aromatic N) is 2. The highest BCUT2D eigenvalue weighted by Gasteiger charge is 2.23. The lowest BCUT2D eigenvalue weighted by Crippen LogP contribution is -2.39. The van der Waals surface area contributed by atoms with E-state index < -0.39 is 12.0 Å². The molecular formula is C12H23N3O3. The molecule has 0 radical (unpaired) electrons. The van der Waals surface area contributed by atoms with Gasteiger partial charge in [0.15, 0.2) is 0 Å². The predicted molar refractivity (Wildman–Crippen MR) is 68.1 cm³/mol. The summed E-state index contributed by atoms with van der Waals surface area (Å²) < 4.78 is 0. The van der Waals surface area contributed by atoms with Crippen LogP contribution in [0.2, 0.25) is 0 Å². The normalized spacial score (nSPS) is 21.8. The first-order valence-corrected chi connectivity index (χ1v) is 6.34. The number of hydrogen-bond acceptors (Lipinski definition) is 4. The number of carboxylic acid groups (broad SMARTS) is 1. The van der Waals surface area contributed by atoms with Gasteiger partial charge in [0.25, 0.3) is 0 Å². The number of aliphatic carboxylic acids is 1. The summed E-state index contributed by atoms with van der Waals surface area (Å²) in [5.41, 5.74) is 5.34. The predicted octanol–water partition coefficient (Wildman–Crippen LogP) is -0.269. The Labute approximate surface area is 108 Å². The fourth-order valence-electron chi connectivity index (χ4n) is 2.24. The minimum absolute atomic E-state index is 0.133. The lowest BCUT2D eigenvalue weighted by Gasteiger charge is -2.23. The average Bonchev–Trinajstić information content (AvgIpc) is 2.71. The van der Waals surface area contributed by atoms with Crippen LogP contribution in [-0.4, -0.2) is 66.1 Å². The van der Waals surface area contributed by atoms with Crippen LogP contribution in [0.4, 0.5) is 0 Å². The molecule has 0 aromatic heterocycles. The molecule has 6 heteroatoms. The van der Waals surface area contributed by atoms with Crippen LogP contribution in [0.1, 0.15) is 25.7 Å². The number of nitrogens with two attached hydrogens (primary N) is 1. The Morgan fingerprint density at radius 2 is 2.22 bits per heavy atom. The van der Waals surface area contributed by atoms with Gasteiger partial charge in [0.1, 0.15) is 6.04 Å². The van der Waals surface area contributed by atoms with Gasteiger partial charge in [0.05, 0.1) is 6.42 Å². The van der Waals surface area contributed by atoms with Crippen LogP contribution in [0, 0.1) is 0 Å². The molecule has 1 heterocycles. The molecule has 2 atom stereocenters. The molecule has 1 aliphatic rings. The zero-order valence-corrected chi connectivity index (χ0v) is 11.1. The van der Waals surface area contributed by atoms with Crippen molar-refractivity contribution >= 4 is 11.9 Å². The summed E-state index contributed by atoms with van der Waals surface area (Å²) in [4.78, 5) is 26.2. The second kappa shape index (κ2) is 6.70. The number of amides is 1. The van der Waals surface area contributed by atoms with Crippen LogP contribution in [0.5, 0.6) is 0 Å². The van der Waals surface area contributed by atoms with E-state index >= 15 is 0 Å². The molecule has 0 aromatic carbocycles. The maximum absolute atomic E-state index is 11.7. The molecule has 18 heavy (non-hydrogen) atoms. The number of likely N-dealkylation sites (tertiary alicyclic amines) is 1. The van der Waals surface area contributed by atoms with Crippen LogP contribution in [0.15, 0.2) is 0 Å². The molecule has 1 fully saturated rings. The third-order valence-corrected chi connectivity index (χ3v) is 3.61. The third-order valence-electron chi connectivity index (χ3n) is 3.61. The molecule has 0 aliphatic carbocycles. The Hall–Kier alpha value is -1.14. The van der Waals surface area contributed by atoms with E-state index in [9.17, 15) is 9.59 Å². The lowest BCUT2D eigenvalue weighted by atomic mass is 10.1. The molecule has 1 unspecified atom stereocenters. The van der Waals surface area contributed by atoms with Crippen molar-refractivity contribution in [1.29, 1.82) is 0 Å². The van der Waals surface area contributed by atoms with Crippen LogP contribution in [0.3, 0.4) is 0 Å². The zero-order chi connectivity index (χ0) is 13.7. The summed E-state index contributed by atoms with van der Waals surface area (Å²) in [6.45, 7) is 1.77. The van der Waals surface area contributed by atoms with Crippen molar-refractivity contribution in [2.45, 2.75) is 37.8 Å². The quantitative estimate of drug-likeness (QED) is 0.684. The number of hydrogen-bond donors (Lipinski definition) is 2. The monoisotopic (exact) mass is 257 g/mol. The van der Waals surface area contributed by atoms with Gasteiger partial charge in [0, 0.05) is 19.6 Å². The molecule has 1 amide bonds. The summed E-state index contributed by atoms with van der Waals surface area (Å²) >= 11 is 0. The molecule has 3 N–H and O–H groups in total. The van der Waals surface area contributed by atoms with Crippen molar-refractivity contribution in [1.82, 2.24) is 9.80 Å². The van der Waals surface area contributed by atoms with Crippen LogP contribution < -0.4 is 5.73 Å². The molecule has 0 aromatic rings. The fraction of sp³-hybridized carbons (Fsp3) is 0.833. The molecule has 6 nitrogen and oxygen atoms in total. The molecule has 0 spiro atoms. The second-order valence-corrected chi connectivity index (χ2v) is 5.03. The van der Waals surface area contributed by atoms with Crippen molar-refractivity contribution in [2.75, 3.05) is 27.2 Å². The van der Waals surface area contributed by atoms with Gasteiger partial charge in [0.2, 0.25) is 5.91 Å². The van der Waals surface area contributed by atoms with Gasteiger partial charge < -0.3 is 20.6 Å². The molecule has 1 saturated heterocycles. The van der Waals surface area contributed by atoms with Crippen molar-refractivity contribution in [3.63, 3.8) is 0 Å². The molecule has 104 valence electrons. The van der Waals surface area contributed by atoms with Crippen LogP contribution >= 0.6 is 0 Å². The van der Waals surface area contributed by atoms with Gasteiger partial charge in [-0.1, -0.05) is 0 Å². The average molecular weight is 257 g/mol. The van der Waals surface area contributed by atoms with E-state index in [1.165, 1.54) is 12.8 Å². The SMILES string of the molecule is CN(CCC1CCCN1C)C(=O)C[C@H](N)C(=O)O. The highest BCUT2D eigenvalue weighted by atomic mass is 16.4. The number of rotatable bonds is 6. The van der Waals surface area contributed by atoms with E-state index in [2.05, 4.69) is 11.9 Å². The second-order valence-electron chi connectivity index (χ2n) is 5.03. The van der Waals surface area contributed by atoms with E-state index in [0.29, 0.717) is 12.6 Å². The maximum atomic E-state index is 11.7. The number of carbonyl (C=O) groups is 2. The standard InChI is InChI=1S/C12H23N3O3/c1-14-6-3-4-9(14)5-7-15(2)11(16)8-10(13)12(17)18/h9-10H,3-8,13H2,1-2H3,(H,17,18)/t9?,10-/m0/s1. The number of carbonyl (C=O) groups excluding carboxylic acids is 1. The van der Waals surface area contributed by atoms with Gasteiger partial charge in [-0.25, -0.2) is 0 Å². The van der Waals surface area contributed by atoms with Gasteiger partial charge in [-0.05, 0) is 32.9 Å². The topological polar surface area (TPSA) is 86.9 Å². The van der Waals surface area contributed by atoms with Crippen molar-refractivity contribution in [3.8, 4) is 0 Å². The zero-order valence-electron chi connectivity index (χ0n) is 11.1. The first kappa shape index (κ1) is 14.9. The van der Waals surface area contributed by atoms with Crippen molar-refractivity contribution in [2.24, 2.45) is 5.73 Å². The van der Waals surface area contributed by atoms with Gasteiger partial charge >= 0.3 is 5.97 Å². The Bertz CT molecular complexity index is 309. The highest BCUT2D eigenvalue weighted by molar-refractivity contribution is 5.84. The van der Waals surface area contributed by atoms with E-state index in [1.807, 2.05) is 0 Å². The minimum Gasteiger partial charge on any atom is -0.480 e. The Morgan fingerprint density at radius 3 is 2.72 bits per heavy atom. The van der Waals surface area contributed by atoms with E-state index in [-0.39, 0.29) is 12.3 Å². The van der Waals surface area contributed by atoms with E-state index in [4.69, 9.17) is 10.8 Å². The molecule has 0 bridgehead atoms. The van der Waals surface area contributed by atoms with Crippen LogP contribution in [0.25, 0.3) is 0 Å².